The van der Waals surface area contributed by atoms with Crippen LogP contribution < -0.4 is 0 Å². The zero-order chi connectivity index (χ0) is 28.1. The smallest absolute Gasteiger partial charge is 0.164 e. The highest BCUT2D eigenvalue weighted by molar-refractivity contribution is 5.73. The molecule has 0 unspecified atom stereocenters. The van der Waals surface area contributed by atoms with Crippen LogP contribution in [0.2, 0.25) is 0 Å². The van der Waals surface area contributed by atoms with Gasteiger partial charge in [-0.25, -0.2) is 15.0 Å². The molecular formula is C38H26N4. The molecule has 0 aliphatic carbocycles. The van der Waals surface area contributed by atoms with Gasteiger partial charge in [0.1, 0.15) is 0 Å². The predicted octanol–water partition coefficient (Wildman–Crippen LogP) is 9.27. The third-order valence-electron chi connectivity index (χ3n) is 7.24. The minimum absolute atomic E-state index is 0.627. The molecule has 0 bridgehead atoms. The fraction of sp³-hybridized carbons (Fsp3) is 0. The normalized spacial score (nSPS) is 10.9. The van der Waals surface area contributed by atoms with Gasteiger partial charge in [0.2, 0.25) is 0 Å². The van der Waals surface area contributed by atoms with Crippen LogP contribution in [-0.4, -0.2) is 19.9 Å². The number of rotatable bonds is 6. The van der Waals surface area contributed by atoms with Gasteiger partial charge in [-0.2, -0.15) is 0 Å². The van der Waals surface area contributed by atoms with Crippen LogP contribution in [0.4, 0.5) is 0 Å². The van der Waals surface area contributed by atoms with Gasteiger partial charge in [-0.3, -0.25) is 4.98 Å². The Morgan fingerprint density at radius 3 is 0.976 bits per heavy atom. The number of hydrogen-bond donors (Lipinski definition) is 0. The molecule has 5 aromatic carbocycles. The van der Waals surface area contributed by atoms with E-state index in [4.69, 9.17) is 15.0 Å². The predicted molar refractivity (Wildman–Crippen MR) is 170 cm³/mol. The van der Waals surface area contributed by atoms with Crippen molar-refractivity contribution in [3.05, 3.63) is 158 Å². The quantitative estimate of drug-likeness (QED) is 0.212. The summed E-state index contributed by atoms with van der Waals surface area (Å²) < 4.78 is 0. The molecular weight excluding hydrogens is 512 g/mol. The van der Waals surface area contributed by atoms with E-state index < -0.39 is 0 Å². The molecule has 2 aromatic heterocycles. The van der Waals surface area contributed by atoms with E-state index in [0.717, 1.165) is 39.1 Å². The lowest BCUT2D eigenvalue weighted by Gasteiger charge is -2.10. The van der Waals surface area contributed by atoms with Gasteiger partial charge >= 0.3 is 0 Å². The lowest BCUT2D eigenvalue weighted by molar-refractivity contribution is 1.07. The summed E-state index contributed by atoms with van der Waals surface area (Å²) in [5.41, 5.74) is 9.41. The maximum Gasteiger partial charge on any atom is 0.164 e. The fourth-order valence-corrected chi connectivity index (χ4v) is 4.97. The molecule has 0 fully saturated rings. The standard InChI is InChI=1S/C38H26N4/c1-3-9-27(10-4-1)29-14-20-32(21-15-29)36-40-37(33-22-16-30(17-23-33)28-11-5-2-6-12-28)42-38(41-36)34-24-18-31(19-25-34)35-13-7-8-26-39-35/h1-26H. The van der Waals surface area contributed by atoms with Gasteiger partial charge in [0.25, 0.3) is 0 Å². The highest BCUT2D eigenvalue weighted by Gasteiger charge is 2.13. The van der Waals surface area contributed by atoms with Gasteiger partial charge in [-0.05, 0) is 34.4 Å². The van der Waals surface area contributed by atoms with Crippen molar-refractivity contribution < 1.29 is 0 Å². The zero-order valence-corrected chi connectivity index (χ0v) is 22.8. The Morgan fingerprint density at radius 2 is 0.595 bits per heavy atom. The van der Waals surface area contributed by atoms with E-state index in [1.165, 1.54) is 11.1 Å². The van der Waals surface area contributed by atoms with E-state index in [1.54, 1.807) is 6.20 Å². The molecule has 7 rings (SSSR count). The fourth-order valence-electron chi connectivity index (χ4n) is 4.97. The number of pyridine rings is 1. The van der Waals surface area contributed by atoms with Crippen LogP contribution in [0.5, 0.6) is 0 Å². The Balaban J connectivity index is 1.29. The van der Waals surface area contributed by atoms with Gasteiger partial charge < -0.3 is 0 Å². The van der Waals surface area contributed by atoms with Crippen molar-refractivity contribution >= 4 is 0 Å². The Kier molecular flexibility index (Phi) is 6.85. The monoisotopic (exact) mass is 538 g/mol. The molecule has 0 atom stereocenters. The summed E-state index contributed by atoms with van der Waals surface area (Å²) in [6.07, 6.45) is 1.81. The number of aromatic nitrogens is 4. The molecule has 0 aliphatic rings. The zero-order valence-electron chi connectivity index (χ0n) is 22.8. The third-order valence-corrected chi connectivity index (χ3v) is 7.24. The maximum absolute atomic E-state index is 4.94. The van der Waals surface area contributed by atoms with E-state index in [1.807, 2.05) is 42.5 Å². The summed E-state index contributed by atoms with van der Waals surface area (Å²) in [7, 11) is 0. The molecule has 42 heavy (non-hydrogen) atoms. The van der Waals surface area contributed by atoms with Crippen LogP contribution in [0.15, 0.2) is 158 Å². The van der Waals surface area contributed by atoms with Crippen molar-refractivity contribution in [2.75, 3.05) is 0 Å². The lowest BCUT2D eigenvalue weighted by atomic mass is 10.0. The van der Waals surface area contributed by atoms with Crippen molar-refractivity contribution in [3.8, 4) is 67.7 Å². The van der Waals surface area contributed by atoms with Gasteiger partial charge in [0.05, 0.1) is 5.69 Å². The average molecular weight is 539 g/mol. The summed E-state index contributed by atoms with van der Waals surface area (Å²) in [5.74, 6) is 1.90. The largest absolute Gasteiger partial charge is 0.256 e. The minimum atomic E-state index is 0.627. The van der Waals surface area contributed by atoms with Crippen LogP contribution in [0, 0.1) is 0 Å². The lowest BCUT2D eigenvalue weighted by Crippen LogP contribution is -2.00. The number of nitrogens with zero attached hydrogens (tertiary/aromatic N) is 4. The molecule has 198 valence electrons. The van der Waals surface area contributed by atoms with Crippen molar-refractivity contribution in [1.82, 2.24) is 19.9 Å². The Labute approximate surface area is 245 Å². The van der Waals surface area contributed by atoms with E-state index >= 15 is 0 Å². The molecule has 2 heterocycles. The first-order valence-corrected chi connectivity index (χ1v) is 13.9. The number of hydrogen-bond acceptors (Lipinski definition) is 4. The average Bonchev–Trinajstić information content (AvgIpc) is 3.09. The molecule has 0 N–H and O–H groups in total. The van der Waals surface area contributed by atoms with Gasteiger partial charge in [-0.1, -0.05) is 140 Å². The Bertz CT molecular complexity index is 1680. The summed E-state index contributed by atoms with van der Waals surface area (Å²) in [6.45, 7) is 0. The number of benzene rings is 5. The van der Waals surface area contributed by atoms with Crippen LogP contribution >= 0.6 is 0 Å². The van der Waals surface area contributed by atoms with E-state index in [0.29, 0.717) is 17.5 Å². The Hall–Kier alpha value is -5.74. The third kappa shape index (κ3) is 5.34. The highest BCUT2D eigenvalue weighted by atomic mass is 15.0. The molecule has 4 heteroatoms. The first-order chi connectivity index (χ1) is 20.8. The van der Waals surface area contributed by atoms with Crippen molar-refractivity contribution in [2.24, 2.45) is 0 Å². The SMILES string of the molecule is c1ccc(-c2ccc(-c3nc(-c4ccc(-c5ccccc5)cc4)nc(-c4ccc(-c5ccccn5)cc4)n3)cc2)cc1. The topological polar surface area (TPSA) is 51.6 Å². The molecule has 7 aromatic rings. The van der Waals surface area contributed by atoms with Crippen LogP contribution in [0.3, 0.4) is 0 Å². The molecule has 0 saturated heterocycles. The van der Waals surface area contributed by atoms with E-state index in [9.17, 15) is 0 Å². The Morgan fingerprint density at radius 1 is 0.262 bits per heavy atom. The van der Waals surface area contributed by atoms with E-state index in [-0.39, 0.29) is 0 Å². The molecule has 4 nitrogen and oxygen atoms in total. The second-order valence-electron chi connectivity index (χ2n) is 9.99. The first-order valence-electron chi connectivity index (χ1n) is 13.9. The molecule has 0 amide bonds. The highest BCUT2D eigenvalue weighted by Crippen LogP contribution is 2.29. The summed E-state index contributed by atoms with van der Waals surface area (Å²) in [5, 5.41) is 0. The molecule has 0 spiro atoms. The second kappa shape index (κ2) is 11.4. The molecule has 0 saturated carbocycles. The van der Waals surface area contributed by atoms with Crippen molar-refractivity contribution in [3.63, 3.8) is 0 Å². The summed E-state index contributed by atoms with van der Waals surface area (Å²) >= 11 is 0. The van der Waals surface area contributed by atoms with Gasteiger partial charge in [0, 0.05) is 28.5 Å². The maximum atomic E-state index is 4.94. The second-order valence-corrected chi connectivity index (χ2v) is 9.99. The molecule has 0 aliphatic heterocycles. The van der Waals surface area contributed by atoms with Gasteiger partial charge in [0.15, 0.2) is 17.5 Å². The van der Waals surface area contributed by atoms with Crippen molar-refractivity contribution in [1.29, 1.82) is 0 Å². The summed E-state index contributed by atoms with van der Waals surface area (Å²) in [4.78, 5) is 19.3. The van der Waals surface area contributed by atoms with Crippen LogP contribution in [0.25, 0.3) is 67.7 Å². The van der Waals surface area contributed by atoms with E-state index in [2.05, 4.69) is 114 Å². The minimum Gasteiger partial charge on any atom is -0.256 e. The van der Waals surface area contributed by atoms with Crippen molar-refractivity contribution in [2.45, 2.75) is 0 Å². The first kappa shape index (κ1) is 25.2. The van der Waals surface area contributed by atoms with Gasteiger partial charge in [-0.15, -0.1) is 0 Å². The van der Waals surface area contributed by atoms with Crippen LogP contribution in [0.1, 0.15) is 0 Å². The molecule has 0 radical (unpaired) electrons. The van der Waals surface area contributed by atoms with Crippen LogP contribution in [-0.2, 0) is 0 Å². The summed E-state index contributed by atoms with van der Waals surface area (Å²) in [6, 6.07) is 51.6.